The molecule has 0 saturated carbocycles. The van der Waals surface area contributed by atoms with Gasteiger partial charge in [-0.05, 0) is 102 Å². The van der Waals surface area contributed by atoms with Gasteiger partial charge >= 0.3 is 6.03 Å². The largest absolute Gasteiger partial charge is 0.508 e. The smallest absolute Gasteiger partial charge is 0.320 e. The Morgan fingerprint density at radius 1 is 0.734 bits per heavy atom. The first-order valence-corrected chi connectivity index (χ1v) is 23.1. The van der Waals surface area contributed by atoms with Gasteiger partial charge in [-0.2, -0.15) is 0 Å². The highest BCUT2D eigenvalue weighted by molar-refractivity contribution is 6.05. The summed E-state index contributed by atoms with van der Waals surface area (Å²) in [5.74, 6) is 0.258. The van der Waals surface area contributed by atoms with Crippen LogP contribution in [0.25, 0.3) is 11.1 Å². The fourth-order valence-corrected chi connectivity index (χ4v) is 10.2. The molecule has 4 fully saturated rings. The van der Waals surface area contributed by atoms with Gasteiger partial charge in [0.25, 0.3) is 5.91 Å². The van der Waals surface area contributed by atoms with Crippen LogP contribution in [-0.4, -0.2) is 144 Å². The number of amides is 5. The van der Waals surface area contributed by atoms with Crippen LogP contribution in [-0.2, 0) is 16.1 Å². The van der Waals surface area contributed by atoms with E-state index in [0.717, 1.165) is 125 Å². The number of piperidine rings is 2. The average Bonchev–Trinajstić information content (AvgIpc) is 3.66. The van der Waals surface area contributed by atoms with Crippen LogP contribution in [0.4, 0.5) is 10.5 Å². The molecule has 334 valence electrons. The van der Waals surface area contributed by atoms with Crippen LogP contribution in [0.2, 0.25) is 0 Å². The molecule has 9 rings (SSSR count). The van der Waals surface area contributed by atoms with E-state index in [-0.39, 0.29) is 35.9 Å². The monoisotopic (exact) mass is 865 g/mol. The van der Waals surface area contributed by atoms with Crippen molar-refractivity contribution < 1.29 is 29.0 Å². The van der Waals surface area contributed by atoms with Gasteiger partial charge in [-0.25, -0.2) is 4.79 Å². The lowest BCUT2D eigenvalue weighted by Gasteiger charge is -2.44. The number of benzene rings is 4. The van der Waals surface area contributed by atoms with Gasteiger partial charge in [0, 0.05) is 102 Å². The van der Waals surface area contributed by atoms with Gasteiger partial charge in [-0.1, -0.05) is 61.5 Å². The van der Waals surface area contributed by atoms with E-state index in [4.69, 9.17) is 4.74 Å². The molecule has 0 radical (unpaired) electrons. The molecule has 2 N–H and O–H groups in total. The second-order valence-corrected chi connectivity index (χ2v) is 17.6. The summed E-state index contributed by atoms with van der Waals surface area (Å²) in [6.07, 6.45) is 3.42. The first-order valence-electron chi connectivity index (χ1n) is 23.1. The van der Waals surface area contributed by atoms with Crippen LogP contribution in [0.1, 0.15) is 71.6 Å². The molecular weight excluding hydrogens is 807 g/mol. The highest BCUT2D eigenvalue weighted by Crippen LogP contribution is 2.36. The van der Waals surface area contributed by atoms with Crippen LogP contribution in [0.15, 0.2) is 97.1 Å². The molecule has 1 unspecified atom stereocenters. The number of piperazine rings is 2. The molecule has 5 heterocycles. The van der Waals surface area contributed by atoms with Crippen molar-refractivity contribution in [3.63, 3.8) is 0 Å². The number of nitrogens with one attached hydrogen (secondary N) is 1. The molecule has 0 aliphatic carbocycles. The molecule has 5 aliphatic rings. The predicted molar refractivity (Wildman–Crippen MR) is 247 cm³/mol. The maximum atomic E-state index is 13.6. The van der Waals surface area contributed by atoms with Gasteiger partial charge in [0.1, 0.15) is 24.1 Å². The summed E-state index contributed by atoms with van der Waals surface area (Å²) < 4.78 is 6.22. The second-order valence-electron chi connectivity index (χ2n) is 17.6. The molecule has 0 spiro atoms. The lowest BCUT2D eigenvalue weighted by atomic mass is 9.88. The summed E-state index contributed by atoms with van der Waals surface area (Å²) >= 11 is 0. The fourth-order valence-electron chi connectivity index (χ4n) is 10.2. The number of phenols is 1. The molecule has 5 amide bonds. The van der Waals surface area contributed by atoms with Gasteiger partial charge in [0.05, 0.1) is 0 Å². The van der Waals surface area contributed by atoms with Crippen molar-refractivity contribution in [1.29, 1.82) is 0 Å². The Balaban J connectivity index is 0.698. The number of aromatic hydroxyl groups is 1. The standard InChI is InChI=1S/C51H59N7O6/c1-2-44(36-6-4-3-5-7-36)48(37-8-13-42(59)14-9-37)38-10-15-43(16-11-38)64-33-32-53-24-26-57(27-25-53)51(63)56-22-20-40(21-23-56)54-28-30-55(31-29-54)41-12-17-45-39(34-41)35-58(50(45)62)46-18-19-47(60)52-49(46)61/h3-17,34,40,46,59H,2,18-33,35H2,1H3,(H,52,60,61)/b48-44+. The molecular formula is C51H59N7O6. The first-order chi connectivity index (χ1) is 31.2. The third-order valence-corrected chi connectivity index (χ3v) is 13.8. The van der Waals surface area contributed by atoms with Gasteiger partial charge in [-0.3, -0.25) is 29.5 Å². The molecule has 13 nitrogen and oxygen atoms in total. The molecule has 4 saturated heterocycles. The van der Waals surface area contributed by atoms with Gasteiger partial charge in [0.2, 0.25) is 11.8 Å². The number of phenolic OH excluding ortho intramolecular Hbond substituents is 1. The number of likely N-dealkylation sites (tertiary alicyclic amines) is 1. The number of ether oxygens (including phenoxy) is 1. The van der Waals surface area contributed by atoms with Crippen LogP contribution in [0, 0.1) is 0 Å². The summed E-state index contributed by atoms with van der Waals surface area (Å²) in [6, 6.07) is 32.2. The molecule has 1 atom stereocenters. The first kappa shape index (κ1) is 43.1. The summed E-state index contributed by atoms with van der Waals surface area (Å²) in [6.45, 7) is 12.2. The Bertz CT molecular complexity index is 2350. The summed E-state index contributed by atoms with van der Waals surface area (Å²) in [7, 11) is 0. The molecule has 4 aromatic carbocycles. The van der Waals surface area contributed by atoms with Crippen LogP contribution >= 0.6 is 0 Å². The quantitative estimate of drug-likeness (QED) is 0.140. The lowest BCUT2D eigenvalue weighted by molar-refractivity contribution is -0.136. The number of allylic oxidation sites excluding steroid dienone is 1. The van der Waals surface area contributed by atoms with Crippen LogP contribution in [0.5, 0.6) is 11.5 Å². The number of nitrogens with zero attached hydrogens (tertiary/aromatic N) is 6. The Morgan fingerprint density at radius 3 is 2.08 bits per heavy atom. The summed E-state index contributed by atoms with van der Waals surface area (Å²) in [5.41, 5.74) is 8.38. The molecule has 64 heavy (non-hydrogen) atoms. The van der Waals surface area contributed by atoms with Crippen molar-refractivity contribution >= 4 is 40.6 Å². The number of anilines is 1. The number of hydrogen-bond acceptors (Lipinski definition) is 9. The Kier molecular flexibility index (Phi) is 13.0. The molecule has 13 heteroatoms. The van der Waals surface area contributed by atoms with E-state index < -0.39 is 6.04 Å². The molecule has 0 bridgehead atoms. The van der Waals surface area contributed by atoms with Crippen molar-refractivity contribution in [2.45, 2.75) is 57.7 Å². The molecule has 4 aromatic rings. The summed E-state index contributed by atoms with van der Waals surface area (Å²) in [5, 5.41) is 12.4. The number of carbonyl (C=O) groups excluding carboxylic acids is 4. The maximum Gasteiger partial charge on any atom is 0.320 e. The minimum absolute atomic E-state index is 0.144. The molecule has 0 aromatic heterocycles. The van der Waals surface area contributed by atoms with Crippen LogP contribution in [0.3, 0.4) is 0 Å². The fraction of sp³-hybridized carbons (Fsp3) is 0.412. The maximum absolute atomic E-state index is 13.6. The minimum atomic E-state index is -0.609. The third kappa shape index (κ3) is 9.37. The van der Waals surface area contributed by atoms with Gasteiger partial charge < -0.3 is 29.4 Å². The summed E-state index contributed by atoms with van der Waals surface area (Å²) in [4.78, 5) is 63.9. The molecule has 5 aliphatic heterocycles. The third-order valence-electron chi connectivity index (χ3n) is 13.8. The van der Waals surface area contributed by atoms with E-state index in [1.165, 1.54) is 11.1 Å². The van der Waals surface area contributed by atoms with Gasteiger partial charge in [-0.15, -0.1) is 0 Å². The van der Waals surface area contributed by atoms with E-state index in [2.05, 4.69) is 69.4 Å². The SMILES string of the molecule is CC/C(=C(/c1ccc(O)cc1)c1ccc(OCCN2CCN(C(=O)N3CCC(N4CCN(c5ccc6c(c5)CN(C5CCC(=O)NC5=O)C6=O)CC4)CC3)CC2)cc1)c1ccccc1. The van der Waals surface area contributed by atoms with Crippen molar-refractivity contribution in [2.75, 3.05) is 83.5 Å². The van der Waals surface area contributed by atoms with Crippen molar-refractivity contribution in [2.24, 2.45) is 0 Å². The lowest BCUT2D eigenvalue weighted by Crippen LogP contribution is -2.57. The Labute approximate surface area is 375 Å². The highest BCUT2D eigenvalue weighted by atomic mass is 16.5. The second kappa shape index (κ2) is 19.3. The van der Waals surface area contributed by atoms with Crippen molar-refractivity contribution in [3.8, 4) is 11.5 Å². The Morgan fingerprint density at radius 2 is 1.41 bits per heavy atom. The van der Waals surface area contributed by atoms with E-state index in [0.29, 0.717) is 31.2 Å². The minimum Gasteiger partial charge on any atom is -0.508 e. The van der Waals surface area contributed by atoms with E-state index >= 15 is 0 Å². The number of imide groups is 1. The van der Waals surface area contributed by atoms with Gasteiger partial charge in [0.15, 0.2) is 0 Å². The van der Waals surface area contributed by atoms with E-state index in [1.807, 2.05) is 52.3 Å². The van der Waals surface area contributed by atoms with Crippen LogP contribution < -0.4 is 15.0 Å². The number of hydrogen-bond donors (Lipinski definition) is 2. The Hall–Kier alpha value is -6.18. The topological polar surface area (TPSA) is 129 Å². The van der Waals surface area contributed by atoms with E-state index in [9.17, 15) is 24.3 Å². The normalized spacial score (nSPS) is 20.6. The highest BCUT2D eigenvalue weighted by Gasteiger charge is 2.39. The number of carbonyl (C=O) groups is 4. The number of urea groups is 1. The number of rotatable bonds is 11. The predicted octanol–water partition coefficient (Wildman–Crippen LogP) is 5.93. The van der Waals surface area contributed by atoms with Crippen molar-refractivity contribution in [1.82, 2.24) is 29.8 Å². The zero-order chi connectivity index (χ0) is 44.2. The van der Waals surface area contributed by atoms with E-state index in [1.54, 1.807) is 17.0 Å². The zero-order valence-corrected chi connectivity index (χ0v) is 36.8. The van der Waals surface area contributed by atoms with Crippen molar-refractivity contribution in [3.05, 3.63) is 125 Å². The number of fused-ring (bicyclic) bond motifs is 1. The zero-order valence-electron chi connectivity index (χ0n) is 36.8. The average molecular weight is 866 g/mol.